The molecule has 0 fully saturated rings. The van der Waals surface area contributed by atoms with E-state index in [1.54, 1.807) is 30.3 Å². The number of nitrogens with zero attached hydrogens (tertiary/aromatic N) is 1. The quantitative estimate of drug-likeness (QED) is 0.938. The van der Waals surface area contributed by atoms with Crippen LogP contribution in [-0.2, 0) is 17.4 Å². The van der Waals surface area contributed by atoms with E-state index in [1.165, 1.54) is 0 Å². The van der Waals surface area contributed by atoms with Crippen molar-refractivity contribution in [2.75, 3.05) is 0 Å². The molecule has 2 rings (SSSR count). The Bertz CT molecular complexity index is 624. The Morgan fingerprint density at radius 1 is 1.20 bits per heavy atom. The Kier molecular flexibility index (Phi) is 3.74. The van der Waals surface area contributed by atoms with Gasteiger partial charge in [0.1, 0.15) is 0 Å². The molecule has 0 saturated heterocycles. The largest absolute Gasteiger partial charge is 0.481 e. The lowest BCUT2D eigenvalue weighted by atomic mass is 10.0. The molecule has 1 aromatic carbocycles. The maximum absolute atomic E-state index is 13.0. The first-order chi connectivity index (χ1) is 9.38. The number of pyridine rings is 1. The summed E-state index contributed by atoms with van der Waals surface area (Å²) in [5.74, 6) is -1.33. The number of rotatable bonds is 3. The number of hydrogen-bond donors (Lipinski definition) is 1. The lowest BCUT2D eigenvalue weighted by molar-refractivity contribution is -0.139. The van der Waals surface area contributed by atoms with Gasteiger partial charge >= 0.3 is 12.1 Å². The van der Waals surface area contributed by atoms with E-state index in [0.717, 1.165) is 12.3 Å². The Hall–Kier alpha value is -2.37. The Morgan fingerprint density at radius 2 is 1.85 bits per heavy atom. The van der Waals surface area contributed by atoms with Crippen LogP contribution in [0.2, 0.25) is 0 Å². The van der Waals surface area contributed by atoms with Crippen LogP contribution in [0.4, 0.5) is 13.2 Å². The average molecular weight is 281 g/mol. The topological polar surface area (TPSA) is 50.2 Å². The van der Waals surface area contributed by atoms with Gasteiger partial charge in [0.15, 0.2) is 0 Å². The predicted molar refractivity (Wildman–Crippen MR) is 66.0 cm³/mol. The highest BCUT2D eigenvalue weighted by Crippen LogP contribution is 2.34. The van der Waals surface area contributed by atoms with Gasteiger partial charge in [0, 0.05) is 11.8 Å². The molecule has 0 saturated carbocycles. The van der Waals surface area contributed by atoms with E-state index in [2.05, 4.69) is 4.98 Å². The number of carboxylic acid groups (broad SMARTS) is 1. The number of halogens is 3. The third-order valence-corrected chi connectivity index (χ3v) is 2.70. The maximum Gasteiger partial charge on any atom is 0.416 e. The second-order valence-corrected chi connectivity index (χ2v) is 4.16. The van der Waals surface area contributed by atoms with Gasteiger partial charge in [0.2, 0.25) is 0 Å². The monoisotopic (exact) mass is 281 g/mol. The summed E-state index contributed by atoms with van der Waals surface area (Å²) in [6, 6.07) is 9.28. The predicted octanol–water partition coefficient (Wildman–Crippen LogP) is 3.39. The molecule has 20 heavy (non-hydrogen) atoms. The molecule has 104 valence electrons. The number of alkyl halides is 3. The molecule has 0 spiro atoms. The molecule has 1 aromatic heterocycles. The lowest BCUT2D eigenvalue weighted by Gasteiger charge is -2.13. The molecule has 1 heterocycles. The molecule has 0 radical (unpaired) electrons. The fourth-order valence-corrected chi connectivity index (χ4v) is 1.82. The van der Waals surface area contributed by atoms with Gasteiger partial charge in [-0.2, -0.15) is 13.2 Å². The SMILES string of the molecule is O=C(O)Cc1cnc(-c2ccccc2)cc1C(F)(F)F. The van der Waals surface area contributed by atoms with Gasteiger partial charge in [-0.15, -0.1) is 0 Å². The summed E-state index contributed by atoms with van der Waals surface area (Å²) in [5.41, 5.74) is -0.606. The molecular formula is C14H10F3NO2. The molecule has 0 aliphatic carbocycles. The standard InChI is InChI=1S/C14H10F3NO2/c15-14(16,17)11-7-12(9-4-2-1-3-5-9)18-8-10(11)6-13(19)20/h1-5,7-8H,6H2,(H,19,20). The fourth-order valence-electron chi connectivity index (χ4n) is 1.82. The molecule has 2 aromatic rings. The summed E-state index contributed by atoms with van der Waals surface area (Å²) in [5, 5.41) is 8.65. The zero-order chi connectivity index (χ0) is 14.8. The second-order valence-electron chi connectivity index (χ2n) is 4.16. The highest BCUT2D eigenvalue weighted by atomic mass is 19.4. The van der Waals surface area contributed by atoms with E-state index in [1.807, 2.05) is 0 Å². The molecular weight excluding hydrogens is 271 g/mol. The maximum atomic E-state index is 13.0. The first kappa shape index (κ1) is 14.0. The molecule has 0 unspecified atom stereocenters. The normalized spacial score (nSPS) is 11.3. The van der Waals surface area contributed by atoms with Crippen LogP contribution in [0.3, 0.4) is 0 Å². The van der Waals surface area contributed by atoms with Crippen molar-refractivity contribution < 1.29 is 23.1 Å². The van der Waals surface area contributed by atoms with E-state index >= 15 is 0 Å². The minimum absolute atomic E-state index is 0.159. The summed E-state index contributed by atoms with van der Waals surface area (Å²) in [6.45, 7) is 0. The van der Waals surface area contributed by atoms with Crippen molar-refractivity contribution in [1.82, 2.24) is 4.98 Å². The highest BCUT2D eigenvalue weighted by Gasteiger charge is 2.34. The van der Waals surface area contributed by atoms with Crippen LogP contribution < -0.4 is 0 Å². The van der Waals surface area contributed by atoms with Gasteiger partial charge in [-0.25, -0.2) is 0 Å². The number of hydrogen-bond acceptors (Lipinski definition) is 2. The van der Waals surface area contributed by atoms with Crippen molar-refractivity contribution in [1.29, 1.82) is 0 Å². The van der Waals surface area contributed by atoms with E-state index in [9.17, 15) is 18.0 Å². The van der Waals surface area contributed by atoms with Gasteiger partial charge in [-0.3, -0.25) is 9.78 Å². The summed E-state index contributed by atoms with van der Waals surface area (Å²) < 4.78 is 38.9. The van der Waals surface area contributed by atoms with E-state index < -0.39 is 24.1 Å². The zero-order valence-corrected chi connectivity index (χ0v) is 10.2. The van der Waals surface area contributed by atoms with Crippen LogP contribution in [0, 0.1) is 0 Å². The van der Waals surface area contributed by atoms with Gasteiger partial charge in [0.05, 0.1) is 17.7 Å². The van der Waals surface area contributed by atoms with Crippen LogP contribution in [0.15, 0.2) is 42.6 Å². The molecule has 3 nitrogen and oxygen atoms in total. The van der Waals surface area contributed by atoms with Crippen LogP contribution in [-0.4, -0.2) is 16.1 Å². The smallest absolute Gasteiger partial charge is 0.416 e. The minimum atomic E-state index is -4.61. The zero-order valence-electron chi connectivity index (χ0n) is 10.2. The van der Waals surface area contributed by atoms with Gasteiger partial charge in [0.25, 0.3) is 0 Å². The van der Waals surface area contributed by atoms with Crippen molar-refractivity contribution in [3.63, 3.8) is 0 Å². The number of benzene rings is 1. The lowest BCUT2D eigenvalue weighted by Crippen LogP contribution is -2.13. The summed E-state index contributed by atoms with van der Waals surface area (Å²) in [7, 11) is 0. The molecule has 0 amide bonds. The molecule has 0 aliphatic heterocycles. The summed E-state index contributed by atoms with van der Waals surface area (Å²) in [4.78, 5) is 14.5. The molecule has 0 aliphatic rings. The van der Waals surface area contributed by atoms with Crippen molar-refractivity contribution in [3.05, 3.63) is 53.7 Å². The van der Waals surface area contributed by atoms with Crippen LogP contribution in [0.25, 0.3) is 11.3 Å². The third-order valence-electron chi connectivity index (χ3n) is 2.70. The fraction of sp³-hybridized carbons (Fsp3) is 0.143. The van der Waals surface area contributed by atoms with Crippen LogP contribution in [0.5, 0.6) is 0 Å². The number of carbonyl (C=O) groups is 1. The third kappa shape index (κ3) is 3.14. The highest BCUT2D eigenvalue weighted by molar-refractivity contribution is 5.71. The molecule has 6 heteroatoms. The molecule has 0 bridgehead atoms. The Morgan fingerprint density at radius 3 is 2.40 bits per heavy atom. The summed E-state index contributed by atoms with van der Waals surface area (Å²) in [6.07, 6.45) is -4.35. The van der Waals surface area contributed by atoms with Gasteiger partial charge in [-0.1, -0.05) is 30.3 Å². The van der Waals surface area contributed by atoms with E-state index in [0.29, 0.717) is 5.56 Å². The minimum Gasteiger partial charge on any atom is -0.481 e. The summed E-state index contributed by atoms with van der Waals surface area (Å²) >= 11 is 0. The first-order valence-electron chi connectivity index (χ1n) is 5.71. The van der Waals surface area contributed by atoms with E-state index in [-0.39, 0.29) is 11.3 Å². The van der Waals surface area contributed by atoms with Crippen molar-refractivity contribution in [2.24, 2.45) is 0 Å². The average Bonchev–Trinajstić information content (AvgIpc) is 2.38. The number of aliphatic carboxylic acids is 1. The van der Waals surface area contributed by atoms with Crippen LogP contribution in [0.1, 0.15) is 11.1 Å². The van der Waals surface area contributed by atoms with Gasteiger partial charge < -0.3 is 5.11 Å². The van der Waals surface area contributed by atoms with Crippen molar-refractivity contribution >= 4 is 5.97 Å². The van der Waals surface area contributed by atoms with Crippen LogP contribution >= 0.6 is 0 Å². The van der Waals surface area contributed by atoms with Crippen molar-refractivity contribution in [2.45, 2.75) is 12.6 Å². The molecule has 1 N–H and O–H groups in total. The number of carboxylic acids is 1. The number of aromatic nitrogens is 1. The Labute approximate surface area is 112 Å². The molecule has 0 atom stereocenters. The van der Waals surface area contributed by atoms with E-state index in [4.69, 9.17) is 5.11 Å². The second kappa shape index (κ2) is 5.32. The Balaban J connectivity index is 2.52. The van der Waals surface area contributed by atoms with Crippen molar-refractivity contribution in [3.8, 4) is 11.3 Å². The first-order valence-corrected chi connectivity index (χ1v) is 5.71. The van der Waals surface area contributed by atoms with Gasteiger partial charge in [-0.05, 0) is 11.6 Å².